The van der Waals surface area contributed by atoms with E-state index in [-0.39, 0.29) is 0 Å². The second-order valence-electron chi connectivity index (χ2n) is 6.68. The predicted molar refractivity (Wildman–Crippen MR) is 114 cm³/mol. The summed E-state index contributed by atoms with van der Waals surface area (Å²) in [4.78, 5) is 0. The van der Waals surface area contributed by atoms with E-state index in [0.717, 1.165) is 12.8 Å². The highest BCUT2D eigenvalue weighted by molar-refractivity contribution is 9.11. The van der Waals surface area contributed by atoms with Gasteiger partial charge in [-0.2, -0.15) is 0 Å². The maximum atomic E-state index is 3.69. The summed E-state index contributed by atoms with van der Waals surface area (Å²) in [5.74, 6) is 0. The van der Waals surface area contributed by atoms with Crippen LogP contribution >= 0.6 is 15.9 Å². The summed E-state index contributed by atoms with van der Waals surface area (Å²) >= 11 is 3.69. The molecule has 2 aliphatic rings. The van der Waals surface area contributed by atoms with E-state index in [1.807, 2.05) is 0 Å². The van der Waals surface area contributed by atoms with Crippen LogP contribution < -0.4 is 10.7 Å². The highest BCUT2D eigenvalue weighted by atomic mass is 79.9. The van der Waals surface area contributed by atoms with Crippen molar-refractivity contribution in [2.75, 3.05) is 0 Å². The molecule has 126 valence electrons. The van der Waals surface area contributed by atoms with Gasteiger partial charge in [-0.25, -0.2) is 0 Å². The van der Waals surface area contributed by atoms with Crippen molar-refractivity contribution < 1.29 is 0 Å². The molecule has 26 heavy (non-hydrogen) atoms. The number of hydrogen-bond donors (Lipinski definition) is 0. The highest BCUT2D eigenvalue weighted by Gasteiger charge is 2.19. The lowest BCUT2D eigenvalue weighted by Crippen LogP contribution is -2.27. The summed E-state index contributed by atoms with van der Waals surface area (Å²) in [7, 11) is 0. The van der Waals surface area contributed by atoms with Gasteiger partial charge >= 0.3 is 0 Å². The van der Waals surface area contributed by atoms with Crippen LogP contribution in [0.3, 0.4) is 0 Å². The third-order valence-electron chi connectivity index (χ3n) is 5.12. The number of nitrogens with zero attached hydrogens (tertiary/aromatic N) is 1. The Hall–Kier alpha value is -2.58. The molecular formula is C24H18BrN. The lowest BCUT2D eigenvalue weighted by Gasteiger charge is -2.14. The quantitative estimate of drug-likeness (QED) is 0.573. The van der Waals surface area contributed by atoms with Crippen LogP contribution in [0.25, 0.3) is 35.0 Å². The first-order valence-electron chi connectivity index (χ1n) is 8.94. The average molecular weight is 400 g/mol. The molecule has 0 spiro atoms. The Balaban J connectivity index is 1.87. The summed E-state index contributed by atoms with van der Waals surface area (Å²) < 4.78 is 3.67. The SMILES string of the molecule is BrC1=CC=c2c(c3c(n2-c2ccccc2-c2ccccc2)=CCC=C3)C1. The number of rotatable bonds is 2. The van der Waals surface area contributed by atoms with E-state index >= 15 is 0 Å². The van der Waals surface area contributed by atoms with Crippen LogP contribution in [0.2, 0.25) is 0 Å². The van der Waals surface area contributed by atoms with Crippen LogP contribution in [0.15, 0.2) is 71.2 Å². The van der Waals surface area contributed by atoms with Gasteiger partial charge in [0, 0.05) is 17.5 Å². The number of allylic oxidation sites excluding steroid dienone is 3. The number of halogens is 1. The fraction of sp³-hybridized carbons (Fsp3) is 0.0833. The number of benzene rings is 2. The maximum Gasteiger partial charge on any atom is 0.0540 e. The van der Waals surface area contributed by atoms with Gasteiger partial charge in [0.05, 0.1) is 16.4 Å². The summed E-state index contributed by atoms with van der Waals surface area (Å²) in [6.07, 6.45) is 13.2. The minimum absolute atomic E-state index is 0.951. The van der Waals surface area contributed by atoms with Crippen LogP contribution in [-0.4, -0.2) is 4.57 Å². The molecule has 0 N–H and O–H groups in total. The molecule has 2 heteroatoms. The van der Waals surface area contributed by atoms with Crippen LogP contribution in [0.4, 0.5) is 0 Å². The first-order valence-corrected chi connectivity index (χ1v) is 9.74. The second kappa shape index (κ2) is 6.30. The zero-order chi connectivity index (χ0) is 17.5. The van der Waals surface area contributed by atoms with Crippen molar-refractivity contribution >= 4 is 34.2 Å². The molecule has 0 unspecified atom stereocenters. The van der Waals surface area contributed by atoms with Crippen molar-refractivity contribution in [1.29, 1.82) is 0 Å². The van der Waals surface area contributed by atoms with Crippen molar-refractivity contribution in [1.82, 2.24) is 4.57 Å². The van der Waals surface area contributed by atoms with E-state index in [4.69, 9.17) is 0 Å². The summed E-state index contributed by atoms with van der Waals surface area (Å²) in [6, 6.07) is 19.4. The zero-order valence-corrected chi connectivity index (χ0v) is 15.9. The van der Waals surface area contributed by atoms with Gasteiger partial charge < -0.3 is 4.57 Å². The van der Waals surface area contributed by atoms with Crippen LogP contribution in [0.5, 0.6) is 0 Å². The van der Waals surface area contributed by atoms with Crippen molar-refractivity contribution in [3.63, 3.8) is 0 Å². The van der Waals surface area contributed by atoms with E-state index < -0.39 is 0 Å². The lowest BCUT2D eigenvalue weighted by atomic mass is 10.0. The van der Waals surface area contributed by atoms with E-state index in [9.17, 15) is 0 Å². The molecule has 5 rings (SSSR count). The van der Waals surface area contributed by atoms with Crippen molar-refractivity contribution in [3.8, 4) is 16.8 Å². The fourth-order valence-corrected chi connectivity index (χ4v) is 4.39. The molecule has 0 amide bonds. The van der Waals surface area contributed by atoms with Gasteiger partial charge in [-0.15, -0.1) is 0 Å². The molecule has 0 radical (unpaired) electrons. The number of para-hydroxylation sites is 1. The number of hydrogen-bond acceptors (Lipinski definition) is 0. The molecule has 0 saturated carbocycles. The van der Waals surface area contributed by atoms with E-state index in [1.165, 1.54) is 43.1 Å². The third kappa shape index (κ3) is 2.45. The van der Waals surface area contributed by atoms with Crippen LogP contribution in [-0.2, 0) is 6.42 Å². The predicted octanol–water partition coefficient (Wildman–Crippen LogP) is 4.96. The molecular weight excluding hydrogens is 382 g/mol. The molecule has 2 aromatic carbocycles. The van der Waals surface area contributed by atoms with E-state index in [1.54, 1.807) is 0 Å². The largest absolute Gasteiger partial charge is 0.309 e. The molecule has 0 bridgehead atoms. The smallest absolute Gasteiger partial charge is 0.0540 e. The standard InChI is InChI=1S/C24H18BrN/c25-18-14-15-24-21(16-18)20-11-5-7-13-23(20)26(24)22-12-6-4-10-19(22)17-8-2-1-3-9-17/h1-6,8-15H,7,16H2. The topological polar surface area (TPSA) is 4.93 Å². The van der Waals surface area contributed by atoms with Crippen molar-refractivity contribution in [2.24, 2.45) is 0 Å². The monoisotopic (exact) mass is 399 g/mol. The molecule has 1 heterocycles. The highest BCUT2D eigenvalue weighted by Crippen LogP contribution is 2.27. The van der Waals surface area contributed by atoms with Crippen LogP contribution in [0.1, 0.15) is 17.5 Å². The maximum absolute atomic E-state index is 3.69. The Morgan fingerprint density at radius 3 is 2.54 bits per heavy atom. The Bertz CT molecular complexity index is 1180. The van der Waals surface area contributed by atoms with E-state index in [2.05, 4.69) is 105 Å². The molecule has 0 aliphatic heterocycles. The van der Waals surface area contributed by atoms with Gasteiger partial charge in [0.2, 0.25) is 0 Å². The van der Waals surface area contributed by atoms with Gasteiger partial charge in [-0.05, 0) is 40.2 Å². The molecule has 0 fully saturated rings. The first-order chi connectivity index (χ1) is 12.8. The first kappa shape index (κ1) is 15.7. The van der Waals surface area contributed by atoms with Gasteiger partial charge in [0.15, 0.2) is 0 Å². The Kier molecular flexibility index (Phi) is 3.79. The van der Waals surface area contributed by atoms with E-state index in [0.29, 0.717) is 0 Å². The Morgan fingerprint density at radius 1 is 0.846 bits per heavy atom. The molecule has 0 atom stereocenters. The van der Waals surface area contributed by atoms with Gasteiger partial charge in [-0.1, -0.05) is 82.7 Å². The normalized spacial score (nSPS) is 14.7. The molecule has 2 aliphatic carbocycles. The van der Waals surface area contributed by atoms with Crippen molar-refractivity contribution in [2.45, 2.75) is 12.8 Å². The minimum atomic E-state index is 0.951. The summed E-state index contributed by atoms with van der Waals surface area (Å²) in [5.41, 5.74) is 6.52. The lowest BCUT2D eigenvalue weighted by molar-refractivity contribution is 0.978. The number of aromatic nitrogens is 1. The van der Waals surface area contributed by atoms with Crippen molar-refractivity contribution in [3.05, 3.63) is 93.1 Å². The second-order valence-corrected chi connectivity index (χ2v) is 7.70. The molecule has 1 nitrogen and oxygen atoms in total. The summed E-state index contributed by atoms with van der Waals surface area (Å²) in [5, 5.41) is 2.61. The average Bonchev–Trinajstić information content (AvgIpc) is 3.02. The van der Waals surface area contributed by atoms with Gasteiger partial charge in [-0.3, -0.25) is 0 Å². The third-order valence-corrected chi connectivity index (χ3v) is 5.67. The minimum Gasteiger partial charge on any atom is -0.309 e. The van der Waals surface area contributed by atoms with Gasteiger partial charge in [0.25, 0.3) is 0 Å². The summed E-state index contributed by atoms with van der Waals surface area (Å²) in [6.45, 7) is 0. The number of fused-ring (bicyclic) bond motifs is 3. The molecule has 3 aromatic rings. The fourth-order valence-electron chi connectivity index (χ4n) is 3.98. The Morgan fingerprint density at radius 2 is 1.65 bits per heavy atom. The Labute approximate surface area is 161 Å². The zero-order valence-electron chi connectivity index (χ0n) is 14.3. The molecule has 1 aromatic heterocycles. The van der Waals surface area contributed by atoms with Gasteiger partial charge in [0.1, 0.15) is 0 Å². The molecule has 0 saturated heterocycles. The van der Waals surface area contributed by atoms with Crippen LogP contribution in [0, 0.1) is 0 Å².